The number of rotatable bonds is 9. The maximum absolute atomic E-state index is 11.9. The molecule has 5 nitrogen and oxygen atoms in total. The summed E-state index contributed by atoms with van der Waals surface area (Å²) < 4.78 is 0. The Morgan fingerprint density at radius 1 is 1.28 bits per heavy atom. The Labute approximate surface area is 109 Å². The van der Waals surface area contributed by atoms with E-state index in [1.807, 2.05) is 13.8 Å². The van der Waals surface area contributed by atoms with Crippen LogP contribution in [0.5, 0.6) is 0 Å². The average molecular weight is 253 g/mol. The fourth-order valence-electron chi connectivity index (χ4n) is 1.56. The molecule has 0 aromatic carbocycles. The van der Waals surface area contributed by atoms with Gasteiger partial charge in [-0.3, -0.25) is 14.9 Å². The first kappa shape index (κ1) is 16.4. The molecule has 0 fully saturated rings. The molecule has 0 aliphatic heterocycles. The molecule has 0 rings (SSSR count). The third-order valence-corrected chi connectivity index (χ3v) is 2.50. The van der Waals surface area contributed by atoms with Gasteiger partial charge < -0.3 is 10.6 Å². The molecule has 1 atom stereocenters. The molecule has 0 heterocycles. The van der Waals surface area contributed by atoms with Crippen LogP contribution >= 0.6 is 0 Å². The molecule has 0 aliphatic rings. The molecule has 0 aromatic rings. The Kier molecular flexibility index (Phi) is 7.71. The van der Waals surface area contributed by atoms with Gasteiger partial charge in [-0.05, 0) is 5.92 Å². The smallest absolute Gasteiger partial charge is 0.237 e. The number of carbonyl (C=O) groups excluding carboxylic acids is 2. The number of nitrogens with two attached hydrogens (primary N) is 1. The lowest BCUT2D eigenvalue weighted by Gasteiger charge is -2.23. The summed E-state index contributed by atoms with van der Waals surface area (Å²) in [7, 11) is 0. The van der Waals surface area contributed by atoms with Crippen LogP contribution in [0.3, 0.4) is 0 Å². The lowest BCUT2D eigenvalue weighted by Crippen LogP contribution is -2.49. The predicted octanol–water partition coefficient (Wildman–Crippen LogP) is 0.287. The number of primary amides is 1. The highest BCUT2D eigenvalue weighted by Gasteiger charge is 2.20. The van der Waals surface area contributed by atoms with Gasteiger partial charge in [0.15, 0.2) is 0 Å². The molecule has 2 amide bonds. The van der Waals surface area contributed by atoms with E-state index >= 15 is 0 Å². The van der Waals surface area contributed by atoms with Crippen LogP contribution < -0.4 is 11.1 Å². The summed E-state index contributed by atoms with van der Waals surface area (Å²) in [6, 6.07) is -0.497. The summed E-state index contributed by atoms with van der Waals surface area (Å²) in [6.45, 7) is 11.9. The second-order valence-corrected chi connectivity index (χ2v) is 4.38. The van der Waals surface area contributed by atoms with E-state index in [1.165, 1.54) is 0 Å². The van der Waals surface area contributed by atoms with Crippen molar-refractivity contribution in [2.75, 3.05) is 19.6 Å². The first-order valence-corrected chi connectivity index (χ1v) is 5.96. The number of hydrogen-bond donors (Lipinski definition) is 2. The fourth-order valence-corrected chi connectivity index (χ4v) is 1.56. The monoisotopic (exact) mass is 253 g/mol. The molecule has 0 saturated heterocycles. The maximum Gasteiger partial charge on any atom is 0.237 e. The normalized spacial score (nSPS) is 11.9. The quantitative estimate of drug-likeness (QED) is 0.580. The van der Waals surface area contributed by atoms with Crippen LogP contribution in [0.1, 0.15) is 13.8 Å². The van der Waals surface area contributed by atoms with Gasteiger partial charge >= 0.3 is 0 Å². The summed E-state index contributed by atoms with van der Waals surface area (Å²) >= 11 is 0. The zero-order chi connectivity index (χ0) is 14.1. The maximum atomic E-state index is 11.9. The molecule has 0 bridgehead atoms. The zero-order valence-corrected chi connectivity index (χ0v) is 11.2. The molecule has 3 N–H and O–H groups in total. The number of amides is 2. The van der Waals surface area contributed by atoms with Gasteiger partial charge in [-0.2, -0.15) is 0 Å². The third-order valence-electron chi connectivity index (χ3n) is 2.50. The van der Waals surface area contributed by atoms with E-state index in [4.69, 9.17) is 5.73 Å². The lowest BCUT2D eigenvalue weighted by atomic mass is 10.0. The van der Waals surface area contributed by atoms with Crippen LogP contribution in [0.2, 0.25) is 0 Å². The Hall–Kier alpha value is -1.62. The van der Waals surface area contributed by atoms with E-state index in [-0.39, 0.29) is 18.4 Å². The van der Waals surface area contributed by atoms with Crippen molar-refractivity contribution >= 4 is 11.8 Å². The topological polar surface area (TPSA) is 75.4 Å². The lowest BCUT2D eigenvalue weighted by molar-refractivity contribution is -0.129. The van der Waals surface area contributed by atoms with Crippen molar-refractivity contribution in [3.05, 3.63) is 25.3 Å². The zero-order valence-electron chi connectivity index (χ0n) is 11.2. The van der Waals surface area contributed by atoms with Gasteiger partial charge in [0.05, 0.1) is 12.6 Å². The van der Waals surface area contributed by atoms with Crippen LogP contribution in [-0.4, -0.2) is 42.4 Å². The molecule has 0 saturated carbocycles. The van der Waals surface area contributed by atoms with Crippen LogP contribution in [0.25, 0.3) is 0 Å². The number of carbonyl (C=O) groups is 2. The van der Waals surface area contributed by atoms with Gasteiger partial charge in [0.1, 0.15) is 0 Å². The second-order valence-electron chi connectivity index (χ2n) is 4.38. The van der Waals surface area contributed by atoms with Crippen molar-refractivity contribution in [1.29, 1.82) is 0 Å². The third kappa shape index (κ3) is 5.63. The largest absolute Gasteiger partial charge is 0.368 e. The number of nitrogens with one attached hydrogen (secondary N) is 1. The molecule has 18 heavy (non-hydrogen) atoms. The molecule has 0 unspecified atom stereocenters. The van der Waals surface area contributed by atoms with Crippen molar-refractivity contribution in [3.8, 4) is 0 Å². The van der Waals surface area contributed by atoms with E-state index < -0.39 is 11.9 Å². The van der Waals surface area contributed by atoms with Crippen molar-refractivity contribution in [1.82, 2.24) is 10.2 Å². The summed E-state index contributed by atoms with van der Waals surface area (Å²) in [5, 5.41) is 2.88. The van der Waals surface area contributed by atoms with Crippen LogP contribution in [0.4, 0.5) is 0 Å². The fraction of sp³-hybridized carbons (Fsp3) is 0.538. The summed E-state index contributed by atoms with van der Waals surface area (Å²) in [6.07, 6.45) is 3.30. The first-order valence-electron chi connectivity index (χ1n) is 5.96. The summed E-state index contributed by atoms with van der Waals surface area (Å²) in [5.41, 5.74) is 5.26. The molecule has 5 heteroatoms. The second kappa shape index (κ2) is 8.47. The van der Waals surface area contributed by atoms with E-state index in [9.17, 15) is 9.59 Å². The highest BCUT2D eigenvalue weighted by molar-refractivity contribution is 5.82. The van der Waals surface area contributed by atoms with Crippen LogP contribution in [0.15, 0.2) is 25.3 Å². The molecule has 102 valence electrons. The van der Waals surface area contributed by atoms with E-state index in [0.29, 0.717) is 13.1 Å². The predicted molar refractivity (Wildman–Crippen MR) is 72.8 cm³/mol. The molecule has 0 aliphatic carbocycles. The number of hydrogen-bond acceptors (Lipinski definition) is 3. The molecular formula is C13H23N3O2. The Balaban J connectivity index is 4.39. The molecular weight excluding hydrogens is 230 g/mol. The van der Waals surface area contributed by atoms with Gasteiger partial charge in [-0.15, -0.1) is 13.2 Å². The van der Waals surface area contributed by atoms with Crippen LogP contribution in [-0.2, 0) is 9.59 Å². The SMILES string of the molecule is C=CCN(CC=C)C(=O)CN[C@H](C(N)=O)C(C)C. The van der Waals surface area contributed by atoms with Gasteiger partial charge in [0.2, 0.25) is 11.8 Å². The van der Waals surface area contributed by atoms with Crippen molar-refractivity contribution < 1.29 is 9.59 Å². The first-order chi connectivity index (χ1) is 8.43. The Morgan fingerprint density at radius 3 is 2.11 bits per heavy atom. The highest BCUT2D eigenvalue weighted by atomic mass is 16.2. The van der Waals surface area contributed by atoms with Crippen molar-refractivity contribution in [2.24, 2.45) is 11.7 Å². The van der Waals surface area contributed by atoms with Gasteiger partial charge in [-0.1, -0.05) is 26.0 Å². The van der Waals surface area contributed by atoms with Crippen molar-refractivity contribution in [2.45, 2.75) is 19.9 Å². The molecule has 0 aromatic heterocycles. The minimum Gasteiger partial charge on any atom is -0.368 e. The Morgan fingerprint density at radius 2 is 1.78 bits per heavy atom. The van der Waals surface area contributed by atoms with Gasteiger partial charge in [0, 0.05) is 13.1 Å². The summed E-state index contributed by atoms with van der Waals surface area (Å²) in [5.74, 6) is -0.513. The van der Waals surface area contributed by atoms with Gasteiger partial charge in [0.25, 0.3) is 0 Å². The highest BCUT2D eigenvalue weighted by Crippen LogP contribution is 2.00. The Bertz CT molecular complexity index is 303. The minimum absolute atomic E-state index is 0.0440. The molecule has 0 radical (unpaired) electrons. The van der Waals surface area contributed by atoms with E-state index in [2.05, 4.69) is 18.5 Å². The molecule has 0 spiro atoms. The minimum atomic E-state index is -0.497. The van der Waals surface area contributed by atoms with E-state index in [0.717, 1.165) is 0 Å². The summed E-state index contributed by atoms with van der Waals surface area (Å²) in [4.78, 5) is 24.7. The van der Waals surface area contributed by atoms with Gasteiger partial charge in [-0.25, -0.2) is 0 Å². The standard InChI is InChI=1S/C13H23N3O2/c1-5-7-16(8-6-2)11(17)9-15-12(10(3)4)13(14)18/h5-6,10,12,15H,1-2,7-9H2,3-4H3,(H2,14,18)/t12-/m0/s1. The number of nitrogens with zero attached hydrogens (tertiary/aromatic N) is 1. The van der Waals surface area contributed by atoms with Crippen molar-refractivity contribution in [3.63, 3.8) is 0 Å². The van der Waals surface area contributed by atoms with E-state index in [1.54, 1.807) is 17.1 Å². The average Bonchev–Trinajstić information content (AvgIpc) is 2.27. The van der Waals surface area contributed by atoms with Crippen LogP contribution in [0, 0.1) is 5.92 Å².